The van der Waals surface area contributed by atoms with Crippen LogP contribution in [0.2, 0.25) is 0 Å². The van der Waals surface area contributed by atoms with Crippen LogP contribution in [-0.4, -0.2) is 39.4 Å². The number of likely N-dealkylation sites (tertiary alicyclic amines) is 1. The van der Waals surface area contributed by atoms with Crippen molar-refractivity contribution in [2.75, 3.05) is 13.1 Å². The first-order chi connectivity index (χ1) is 12.3. The van der Waals surface area contributed by atoms with Crippen LogP contribution < -0.4 is 0 Å². The van der Waals surface area contributed by atoms with Crippen molar-refractivity contribution in [3.8, 4) is 0 Å². The van der Waals surface area contributed by atoms with Crippen LogP contribution in [0.15, 0.2) is 42.7 Å². The molecule has 0 bridgehead atoms. The number of fused-ring (bicyclic) bond motifs is 1. The van der Waals surface area contributed by atoms with E-state index in [1.165, 1.54) is 6.42 Å². The fourth-order valence-corrected chi connectivity index (χ4v) is 4.02. The van der Waals surface area contributed by atoms with Crippen molar-refractivity contribution in [3.63, 3.8) is 0 Å². The Hall–Kier alpha value is -2.43. The lowest BCUT2D eigenvalue weighted by atomic mass is 9.81. The summed E-state index contributed by atoms with van der Waals surface area (Å²) in [5.41, 5.74) is 1.62. The molecule has 1 fully saturated rings. The van der Waals surface area contributed by atoms with Gasteiger partial charge in [-0.25, -0.2) is 4.98 Å². The predicted molar refractivity (Wildman–Crippen MR) is 96.1 cm³/mol. The molecule has 4 rings (SSSR count). The summed E-state index contributed by atoms with van der Waals surface area (Å²) in [5, 5.41) is 0. The highest BCUT2D eigenvalue weighted by atomic mass is 16.2. The van der Waals surface area contributed by atoms with Crippen molar-refractivity contribution in [1.82, 2.24) is 14.5 Å². The Morgan fingerprint density at radius 1 is 0.920 bits per heavy atom. The van der Waals surface area contributed by atoms with Crippen LogP contribution in [0.5, 0.6) is 0 Å². The van der Waals surface area contributed by atoms with E-state index in [0.29, 0.717) is 12.8 Å². The third-order valence-electron chi connectivity index (χ3n) is 5.43. The number of piperidine rings is 1. The summed E-state index contributed by atoms with van der Waals surface area (Å²) in [7, 11) is 0. The van der Waals surface area contributed by atoms with Crippen LogP contribution in [0.4, 0.5) is 0 Å². The number of rotatable bonds is 2. The molecule has 2 unspecified atom stereocenters. The fraction of sp³-hybridized carbons (Fsp3) is 0.450. The number of carbonyl (C=O) groups is 2. The molecule has 1 aromatic heterocycles. The Labute approximate surface area is 147 Å². The number of benzene rings is 1. The van der Waals surface area contributed by atoms with Crippen molar-refractivity contribution in [2.24, 2.45) is 11.8 Å². The molecule has 2 aliphatic rings. The summed E-state index contributed by atoms with van der Waals surface area (Å²) in [6, 6.07) is 7.62. The van der Waals surface area contributed by atoms with Crippen LogP contribution in [-0.2, 0) is 4.79 Å². The fourth-order valence-electron chi connectivity index (χ4n) is 4.02. The largest absolute Gasteiger partial charge is 0.342 e. The van der Waals surface area contributed by atoms with Gasteiger partial charge in [0.2, 0.25) is 11.8 Å². The number of hydrogen-bond acceptors (Lipinski definition) is 3. The molecule has 2 aromatic rings. The number of nitrogens with zero attached hydrogens (tertiary/aromatic N) is 3. The minimum Gasteiger partial charge on any atom is -0.342 e. The summed E-state index contributed by atoms with van der Waals surface area (Å²) in [6.07, 6.45) is 10.3. The van der Waals surface area contributed by atoms with Gasteiger partial charge in [0.25, 0.3) is 0 Å². The molecule has 1 saturated heterocycles. The molecule has 0 saturated carbocycles. The number of aromatic nitrogens is 2. The Balaban J connectivity index is 1.61. The SMILES string of the molecule is O=C(C1CC=CCC1C(=O)n1cnc2ccccc21)N1CCCCC1. The lowest BCUT2D eigenvalue weighted by Gasteiger charge is -2.34. The molecular formula is C20H23N3O2. The second-order valence-corrected chi connectivity index (χ2v) is 6.98. The zero-order valence-corrected chi connectivity index (χ0v) is 14.3. The highest BCUT2D eigenvalue weighted by Crippen LogP contribution is 2.30. The van der Waals surface area contributed by atoms with Gasteiger partial charge in [-0.2, -0.15) is 0 Å². The van der Waals surface area contributed by atoms with E-state index < -0.39 is 0 Å². The van der Waals surface area contributed by atoms with E-state index in [4.69, 9.17) is 0 Å². The van der Waals surface area contributed by atoms with Gasteiger partial charge in [0.05, 0.1) is 22.9 Å². The van der Waals surface area contributed by atoms with Gasteiger partial charge in [0, 0.05) is 13.1 Å². The highest BCUT2D eigenvalue weighted by molar-refractivity contribution is 5.94. The lowest BCUT2D eigenvalue weighted by Crippen LogP contribution is -2.44. The normalized spacial score (nSPS) is 23.8. The molecule has 5 nitrogen and oxygen atoms in total. The Morgan fingerprint density at radius 3 is 2.36 bits per heavy atom. The number of hydrogen-bond donors (Lipinski definition) is 0. The first-order valence-electron chi connectivity index (χ1n) is 9.16. The van der Waals surface area contributed by atoms with Gasteiger partial charge in [-0.05, 0) is 44.2 Å². The highest BCUT2D eigenvalue weighted by Gasteiger charge is 2.37. The summed E-state index contributed by atoms with van der Waals surface area (Å²) < 4.78 is 1.62. The van der Waals surface area contributed by atoms with Gasteiger partial charge in [0.15, 0.2) is 0 Å². The van der Waals surface area contributed by atoms with E-state index in [2.05, 4.69) is 4.98 Å². The van der Waals surface area contributed by atoms with Gasteiger partial charge < -0.3 is 4.90 Å². The smallest absolute Gasteiger partial charge is 0.236 e. The predicted octanol–water partition coefficient (Wildman–Crippen LogP) is 3.27. The number of allylic oxidation sites excluding steroid dienone is 2. The topological polar surface area (TPSA) is 55.2 Å². The van der Waals surface area contributed by atoms with E-state index in [9.17, 15) is 9.59 Å². The third kappa shape index (κ3) is 2.99. The van der Waals surface area contributed by atoms with Crippen molar-refractivity contribution >= 4 is 22.8 Å². The summed E-state index contributed by atoms with van der Waals surface area (Å²) in [4.78, 5) is 32.5. The van der Waals surface area contributed by atoms with Crippen LogP contribution in [0.25, 0.3) is 11.0 Å². The van der Waals surface area contributed by atoms with Crippen molar-refractivity contribution < 1.29 is 9.59 Å². The van der Waals surface area contributed by atoms with Crippen LogP contribution in [0.3, 0.4) is 0 Å². The number of amides is 1. The zero-order valence-electron chi connectivity index (χ0n) is 14.3. The maximum Gasteiger partial charge on any atom is 0.236 e. The average Bonchev–Trinajstić information content (AvgIpc) is 3.12. The number of carbonyl (C=O) groups excluding carboxylic acids is 2. The Morgan fingerprint density at radius 2 is 1.60 bits per heavy atom. The van der Waals surface area contributed by atoms with Gasteiger partial charge in [-0.15, -0.1) is 0 Å². The molecule has 0 spiro atoms. The molecule has 2 atom stereocenters. The van der Waals surface area contributed by atoms with Crippen molar-refractivity contribution in [3.05, 3.63) is 42.7 Å². The maximum absolute atomic E-state index is 13.2. The molecule has 1 aliphatic carbocycles. The average molecular weight is 337 g/mol. The van der Waals surface area contributed by atoms with Crippen LogP contribution in [0, 0.1) is 11.8 Å². The Bertz CT molecular complexity index is 817. The third-order valence-corrected chi connectivity index (χ3v) is 5.43. The molecular weight excluding hydrogens is 314 g/mol. The second-order valence-electron chi connectivity index (χ2n) is 6.98. The zero-order chi connectivity index (χ0) is 17.2. The Kier molecular flexibility index (Phi) is 4.38. The van der Waals surface area contributed by atoms with Gasteiger partial charge in [-0.3, -0.25) is 14.2 Å². The summed E-state index contributed by atoms with van der Waals surface area (Å²) in [5.74, 6) is -0.436. The molecule has 1 aliphatic heterocycles. The van der Waals surface area contributed by atoms with Crippen molar-refractivity contribution in [1.29, 1.82) is 0 Å². The minimum absolute atomic E-state index is 0.0200. The molecule has 1 aromatic carbocycles. The minimum atomic E-state index is -0.308. The van der Waals surface area contributed by atoms with Gasteiger partial charge in [0.1, 0.15) is 6.33 Å². The van der Waals surface area contributed by atoms with E-state index in [1.807, 2.05) is 41.3 Å². The first kappa shape index (κ1) is 16.1. The standard InChI is InChI=1S/C20H23N3O2/c24-19(22-12-6-1-7-13-22)15-8-2-3-9-16(15)20(25)23-14-21-17-10-4-5-11-18(17)23/h2-5,10-11,14-16H,1,6-9,12-13H2. The molecule has 25 heavy (non-hydrogen) atoms. The maximum atomic E-state index is 13.2. The second kappa shape index (κ2) is 6.82. The van der Waals surface area contributed by atoms with Crippen LogP contribution in [0.1, 0.15) is 36.9 Å². The van der Waals surface area contributed by atoms with Gasteiger partial charge >= 0.3 is 0 Å². The number of imidazole rings is 1. The van der Waals surface area contributed by atoms with Crippen LogP contribution >= 0.6 is 0 Å². The van der Waals surface area contributed by atoms with E-state index >= 15 is 0 Å². The lowest BCUT2D eigenvalue weighted by molar-refractivity contribution is -0.137. The monoisotopic (exact) mass is 337 g/mol. The van der Waals surface area contributed by atoms with E-state index in [0.717, 1.165) is 37.0 Å². The van der Waals surface area contributed by atoms with Gasteiger partial charge in [-0.1, -0.05) is 24.3 Å². The molecule has 0 N–H and O–H groups in total. The first-order valence-corrected chi connectivity index (χ1v) is 9.16. The molecule has 130 valence electrons. The molecule has 5 heteroatoms. The van der Waals surface area contributed by atoms with Crippen molar-refractivity contribution in [2.45, 2.75) is 32.1 Å². The number of para-hydroxylation sites is 2. The summed E-state index contributed by atoms with van der Waals surface area (Å²) >= 11 is 0. The van der Waals surface area contributed by atoms with E-state index in [-0.39, 0.29) is 23.7 Å². The quantitative estimate of drug-likeness (QED) is 0.790. The molecule has 1 amide bonds. The molecule has 0 radical (unpaired) electrons. The van der Waals surface area contributed by atoms with E-state index in [1.54, 1.807) is 10.9 Å². The molecule has 2 heterocycles. The summed E-state index contributed by atoms with van der Waals surface area (Å²) in [6.45, 7) is 1.65.